The SMILES string of the molecule is CC(=Cc1c2n(c3ccc(OCc4ccccc4)cc13)CCC2)[N+](=O)[O-].CC(=Cc1c2n(c3ccc(OCc4ccccc4)cc13)CCC2)[N+](=O)[O-]. The third kappa shape index (κ3) is 7.18. The van der Waals surface area contributed by atoms with Crippen molar-refractivity contribution in [3.8, 4) is 11.5 Å². The smallest absolute Gasteiger partial charge is 0.243 e. The van der Waals surface area contributed by atoms with Gasteiger partial charge in [0.05, 0.1) is 9.85 Å². The number of hydrogen-bond acceptors (Lipinski definition) is 6. The molecule has 0 bridgehead atoms. The molecular formula is C42H40N4O6. The Labute approximate surface area is 301 Å². The molecule has 0 atom stereocenters. The molecule has 0 unspecified atom stereocenters. The first kappa shape index (κ1) is 34.3. The summed E-state index contributed by atoms with van der Waals surface area (Å²) in [4.78, 5) is 21.5. The van der Waals surface area contributed by atoms with Gasteiger partial charge in [0.1, 0.15) is 24.7 Å². The second kappa shape index (κ2) is 15.0. The summed E-state index contributed by atoms with van der Waals surface area (Å²) in [6.45, 7) is 6.00. The Bertz CT molecular complexity index is 2170. The highest BCUT2D eigenvalue weighted by Gasteiger charge is 2.23. The second-order valence-electron chi connectivity index (χ2n) is 13.2. The summed E-state index contributed by atoms with van der Waals surface area (Å²) in [5, 5.41) is 24.2. The van der Waals surface area contributed by atoms with Crippen molar-refractivity contribution in [1.82, 2.24) is 9.13 Å². The van der Waals surface area contributed by atoms with E-state index in [1.54, 1.807) is 26.0 Å². The molecule has 0 radical (unpaired) electrons. The first-order valence-corrected chi connectivity index (χ1v) is 17.6. The molecule has 0 amide bonds. The lowest BCUT2D eigenvalue weighted by molar-refractivity contribution is -0.422. The van der Waals surface area contributed by atoms with E-state index < -0.39 is 0 Å². The minimum Gasteiger partial charge on any atom is -0.489 e. The van der Waals surface area contributed by atoms with Gasteiger partial charge in [-0.2, -0.15) is 0 Å². The van der Waals surface area contributed by atoms with E-state index in [9.17, 15) is 20.2 Å². The minimum atomic E-state index is -0.333. The van der Waals surface area contributed by atoms with Crippen LogP contribution in [-0.4, -0.2) is 19.0 Å². The molecule has 10 nitrogen and oxygen atoms in total. The van der Waals surface area contributed by atoms with E-state index in [0.29, 0.717) is 13.2 Å². The molecule has 0 aliphatic carbocycles. The van der Waals surface area contributed by atoms with Crippen molar-refractivity contribution in [2.24, 2.45) is 0 Å². The molecule has 10 heteroatoms. The molecule has 4 aromatic carbocycles. The quantitative estimate of drug-likeness (QED) is 0.104. The molecular weight excluding hydrogens is 656 g/mol. The summed E-state index contributed by atoms with van der Waals surface area (Å²) in [6.07, 6.45) is 7.45. The van der Waals surface area contributed by atoms with Crippen LogP contribution in [0.15, 0.2) is 108 Å². The van der Waals surface area contributed by atoms with Crippen LogP contribution in [0.25, 0.3) is 34.0 Å². The number of nitro groups is 2. The fourth-order valence-electron chi connectivity index (χ4n) is 7.19. The average Bonchev–Trinajstić information content (AvgIpc) is 3.95. The van der Waals surface area contributed by atoms with Gasteiger partial charge in [0.2, 0.25) is 11.4 Å². The van der Waals surface area contributed by atoms with Crippen molar-refractivity contribution < 1.29 is 19.3 Å². The maximum absolute atomic E-state index is 11.1. The Balaban J connectivity index is 0.000000162. The molecule has 0 saturated carbocycles. The highest BCUT2D eigenvalue weighted by Crippen LogP contribution is 2.37. The van der Waals surface area contributed by atoms with E-state index in [0.717, 1.165) is 94.3 Å². The predicted octanol–water partition coefficient (Wildman–Crippen LogP) is 9.61. The maximum atomic E-state index is 11.1. The van der Waals surface area contributed by atoms with Crippen molar-refractivity contribution in [3.63, 3.8) is 0 Å². The van der Waals surface area contributed by atoms with Crippen LogP contribution in [0, 0.1) is 20.2 Å². The second-order valence-corrected chi connectivity index (χ2v) is 13.2. The van der Waals surface area contributed by atoms with Crippen molar-refractivity contribution in [2.75, 3.05) is 0 Å². The van der Waals surface area contributed by atoms with Crippen LogP contribution in [-0.2, 0) is 39.1 Å². The van der Waals surface area contributed by atoms with Crippen molar-refractivity contribution in [1.29, 1.82) is 0 Å². The Morgan fingerprint density at radius 1 is 0.635 bits per heavy atom. The van der Waals surface area contributed by atoms with Crippen LogP contribution < -0.4 is 9.47 Å². The lowest BCUT2D eigenvalue weighted by atomic mass is 10.1. The Morgan fingerprint density at radius 2 is 1.04 bits per heavy atom. The summed E-state index contributed by atoms with van der Waals surface area (Å²) in [7, 11) is 0. The highest BCUT2D eigenvalue weighted by molar-refractivity contribution is 5.94. The first-order chi connectivity index (χ1) is 25.3. The molecule has 0 spiro atoms. The highest BCUT2D eigenvalue weighted by atomic mass is 16.6. The Hall–Kier alpha value is -6.16. The van der Waals surface area contributed by atoms with Gasteiger partial charge >= 0.3 is 0 Å². The van der Waals surface area contributed by atoms with E-state index in [1.807, 2.05) is 84.9 Å². The van der Waals surface area contributed by atoms with Crippen LogP contribution in [0.5, 0.6) is 11.5 Å². The van der Waals surface area contributed by atoms with Gasteiger partial charge in [-0.05, 0) is 73.2 Å². The number of ether oxygens (including phenoxy) is 2. The molecule has 2 aromatic heterocycles. The monoisotopic (exact) mass is 696 g/mol. The number of hydrogen-bond donors (Lipinski definition) is 0. The Morgan fingerprint density at radius 3 is 1.42 bits per heavy atom. The van der Waals surface area contributed by atoms with E-state index in [1.165, 1.54) is 11.4 Å². The molecule has 8 rings (SSSR count). The summed E-state index contributed by atoms with van der Waals surface area (Å²) in [5.41, 5.74) is 9.04. The molecule has 52 heavy (non-hydrogen) atoms. The first-order valence-electron chi connectivity index (χ1n) is 17.6. The lowest BCUT2D eigenvalue weighted by Gasteiger charge is -2.07. The molecule has 4 heterocycles. The third-order valence-corrected chi connectivity index (χ3v) is 9.74. The summed E-state index contributed by atoms with van der Waals surface area (Å²) in [5.74, 6) is 1.55. The van der Waals surface area contributed by atoms with Gasteiger partial charge in [0.25, 0.3) is 0 Å². The lowest BCUT2D eigenvalue weighted by Crippen LogP contribution is -1.95. The van der Waals surface area contributed by atoms with Crippen LogP contribution in [0.2, 0.25) is 0 Å². The number of rotatable bonds is 10. The fourth-order valence-corrected chi connectivity index (χ4v) is 7.19. The maximum Gasteiger partial charge on any atom is 0.243 e. The summed E-state index contributed by atoms with van der Waals surface area (Å²) < 4.78 is 16.4. The number of nitrogens with zero attached hydrogens (tertiary/aromatic N) is 4. The van der Waals surface area contributed by atoms with E-state index in [4.69, 9.17) is 9.47 Å². The zero-order chi connectivity index (χ0) is 36.2. The van der Waals surface area contributed by atoms with E-state index in [-0.39, 0.29) is 21.2 Å². The fraction of sp³-hybridized carbons (Fsp3) is 0.238. The average molecular weight is 697 g/mol. The van der Waals surface area contributed by atoms with Crippen LogP contribution in [0.1, 0.15) is 60.3 Å². The summed E-state index contributed by atoms with van der Waals surface area (Å²) in [6, 6.07) is 32.1. The molecule has 6 aromatic rings. The van der Waals surface area contributed by atoms with Gasteiger partial charge in [0, 0.05) is 83.4 Å². The van der Waals surface area contributed by atoms with Crippen LogP contribution in [0.4, 0.5) is 0 Å². The van der Waals surface area contributed by atoms with Crippen LogP contribution in [0.3, 0.4) is 0 Å². The normalized spacial score (nSPS) is 13.8. The van der Waals surface area contributed by atoms with Gasteiger partial charge < -0.3 is 18.6 Å². The molecule has 264 valence electrons. The van der Waals surface area contributed by atoms with Crippen molar-refractivity contribution >= 4 is 34.0 Å². The molecule has 0 fully saturated rings. The van der Waals surface area contributed by atoms with E-state index >= 15 is 0 Å². The van der Waals surface area contributed by atoms with Gasteiger partial charge in [-0.1, -0.05) is 60.7 Å². The van der Waals surface area contributed by atoms with Crippen molar-refractivity contribution in [3.05, 3.63) is 162 Å². The molecule has 2 aliphatic rings. The number of aryl methyl sites for hydroxylation is 2. The molecule has 2 aliphatic heterocycles. The number of aromatic nitrogens is 2. The minimum absolute atomic E-state index is 0.155. The molecule has 0 saturated heterocycles. The predicted molar refractivity (Wildman–Crippen MR) is 203 cm³/mol. The largest absolute Gasteiger partial charge is 0.489 e. The van der Waals surface area contributed by atoms with Gasteiger partial charge in [0.15, 0.2) is 0 Å². The zero-order valence-corrected chi connectivity index (χ0v) is 29.3. The zero-order valence-electron chi connectivity index (χ0n) is 29.3. The van der Waals surface area contributed by atoms with Gasteiger partial charge in [-0.15, -0.1) is 0 Å². The standard InChI is InChI=1S/2C21H20N2O3/c2*1-15(23(24)25)12-18-19-13-17(26-14-16-6-3-2-4-7-16)9-10-21(19)22-11-5-8-20(18)22/h2*2-4,6-7,9-10,12-13H,5,8,11,14H2,1H3. The topological polar surface area (TPSA) is 115 Å². The number of benzene rings is 4. The molecule has 0 N–H and O–H groups in total. The summed E-state index contributed by atoms with van der Waals surface area (Å²) >= 11 is 0. The van der Waals surface area contributed by atoms with Crippen molar-refractivity contribution in [2.45, 2.75) is 65.8 Å². The third-order valence-electron chi connectivity index (χ3n) is 9.74. The number of fused-ring (bicyclic) bond motifs is 6. The van der Waals surface area contributed by atoms with Crippen LogP contribution >= 0.6 is 0 Å². The van der Waals surface area contributed by atoms with E-state index in [2.05, 4.69) is 21.3 Å². The number of allylic oxidation sites excluding steroid dienone is 2. The van der Waals surface area contributed by atoms with Gasteiger partial charge in [-0.25, -0.2) is 0 Å². The Kier molecular flexibility index (Phi) is 9.88. The van der Waals surface area contributed by atoms with Gasteiger partial charge in [-0.3, -0.25) is 20.2 Å².